The molecule has 0 atom stereocenters. The third-order valence-electron chi connectivity index (χ3n) is 6.00. The number of nitrogens with one attached hydrogen (secondary N) is 1. The monoisotopic (exact) mass is 321 g/mol. The van der Waals surface area contributed by atoms with Gasteiger partial charge in [0, 0.05) is 25.7 Å². The Bertz CT molecular complexity index is 533. The molecule has 4 fully saturated rings. The molecule has 1 heterocycles. The highest BCUT2D eigenvalue weighted by Crippen LogP contribution is 2.59. The van der Waals surface area contributed by atoms with Gasteiger partial charge in [-0.3, -0.25) is 9.48 Å². The maximum atomic E-state index is 12.1. The van der Waals surface area contributed by atoms with Crippen molar-refractivity contribution in [3.63, 3.8) is 0 Å². The molecule has 4 aliphatic rings. The molecule has 0 aliphatic heterocycles. The molecule has 0 unspecified atom stereocenters. The number of carbonyl (C=O) groups is 1. The Morgan fingerprint density at radius 3 is 2.45 bits per heavy atom. The van der Waals surface area contributed by atoms with Crippen LogP contribution in [0.15, 0.2) is 12.4 Å². The van der Waals surface area contributed by atoms with Crippen molar-refractivity contribution < 1.29 is 4.79 Å². The smallest absolute Gasteiger partial charge is 0.221 e. The van der Waals surface area contributed by atoms with E-state index in [0.717, 1.165) is 24.3 Å². The number of nitrogens with zero attached hydrogens (tertiary/aromatic N) is 2. The van der Waals surface area contributed by atoms with Crippen molar-refractivity contribution in [1.29, 1.82) is 0 Å². The molecule has 22 heavy (non-hydrogen) atoms. The highest BCUT2D eigenvalue weighted by molar-refractivity contribution is 6.30. The molecule has 0 spiro atoms. The molecule has 4 bridgehead atoms. The number of rotatable bonds is 5. The van der Waals surface area contributed by atoms with Crippen LogP contribution in [0.5, 0.6) is 0 Å². The maximum Gasteiger partial charge on any atom is 0.221 e. The zero-order chi connectivity index (χ0) is 15.2. The summed E-state index contributed by atoms with van der Waals surface area (Å²) in [6.45, 7) is 1.48. The predicted molar refractivity (Wildman–Crippen MR) is 85.5 cm³/mol. The molecule has 1 aromatic heterocycles. The molecular weight excluding hydrogens is 298 g/mol. The van der Waals surface area contributed by atoms with E-state index in [4.69, 9.17) is 11.6 Å². The Morgan fingerprint density at radius 1 is 1.27 bits per heavy atom. The van der Waals surface area contributed by atoms with Crippen LogP contribution < -0.4 is 5.32 Å². The second kappa shape index (κ2) is 5.55. The van der Waals surface area contributed by atoms with E-state index in [-0.39, 0.29) is 5.91 Å². The van der Waals surface area contributed by atoms with Crippen molar-refractivity contribution in [3.05, 3.63) is 17.4 Å². The largest absolute Gasteiger partial charge is 0.355 e. The Hall–Kier alpha value is -1.03. The van der Waals surface area contributed by atoms with Gasteiger partial charge in [-0.25, -0.2) is 0 Å². The Labute approximate surface area is 136 Å². The molecule has 1 N–H and O–H groups in total. The average Bonchev–Trinajstić information content (AvgIpc) is 2.87. The summed E-state index contributed by atoms with van der Waals surface area (Å²) in [5, 5.41) is 7.93. The number of amides is 1. The van der Waals surface area contributed by atoms with Crippen molar-refractivity contribution >= 4 is 17.5 Å². The SMILES string of the molecule is O=C(CCn1cc(Cl)cn1)NCC12CC3CC(CC(C3)C1)C2. The number of halogens is 1. The molecule has 4 saturated carbocycles. The van der Waals surface area contributed by atoms with Gasteiger partial charge in [0.1, 0.15) is 0 Å². The van der Waals surface area contributed by atoms with Crippen LogP contribution in [0.25, 0.3) is 0 Å². The fourth-order valence-corrected chi connectivity index (χ4v) is 5.71. The number of carbonyl (C=O) groups excluding carboxylic acids is 1. The van der Waals surface area contributed by atoms with Crippen molar-refractivity contribution in [1.82, 2.24) is 15.1 Å². The zero-order valence-electron chi connectivity index (χ0n) is 12.9. The minimum atomic E-state index is 0.141. The van der Waals surface area contributed by atoms with Gasteiger partial charge in [0.2, 0.25) is 5.91 Å². The van der Waals surface area contributed by atoms with Gasteiger partial charge in [-0.2, -0.15) is 5.10 Å². The second-order valence-corrected chi connectivity index (χ2v) is 8.30. The first-order valence-corrected chi connectivity index (χ1v) is 8.93. The third kappa shape index (κ3) is 2.90. The molecule has 4 aliphatic carbocycles. The summed E-state index contributed by atoms with van der Waals surface area (Å²) in [7, 11) is 0. The lowest BCUT2D eigenvalue weighted by atomic mass is 9.49. The van der Waals surface area contributed by atoms with Crippen molar-refractivity contribution in [2.75, 3.05) is 6.54 Å². The van der Waals surface area contributed by atoms with Crippen LogP contribution in [-0.2, 0) is 11.3 Å². The van der Waals surface area contributed by atoms with E-state index in [1.165, 1.54) is 38.5 Å². The van der Waals surface area contributed by atoms with Gasteiger partial charge in [-0.05, 0) is 61.7 Å². The summed E-state index contributed by atoms with van der Waals surface area (Å²) < 4.78 is 1.73. The van der Waals surface area contributed by atoms with Gasteiger partial charge in [-0.1, -0.05) is 11.6 Å². The van der Waals surface area contributed by atoms with Crippen molar-refractivity contribution in [2.45, 2.75) is 51.5 Å². The summed E-state index contributed by atoms with van der Waals surface area (Å²) >= 11 is 5.83. The topological polar surface area (TPSA) is 46.9 Å². The van der Waals surface area contributed by atoms with Gasteiger partial charge in [0.05, 0.1) is 11.2 Å². The minimum Gasteiger partial charge on any atom is -0.355 e. The molecule has 5 heteroatoms. The van der Waals surface area contributed by atoms with Gasteiger partial charge in [-0.15, -0.1) is 0 Å². The van der Waals surface area contributed by atoms with Crippen LogP contribution >= 0.6 is 11.6 Å². The van der Waals surface area contributed by atoms with E-state index in [2.05, 4.69) is 10.4 Å². The van der Waals surface area contributed by atoms with Gasteiger partial charge in [0.25, 0.3) is 0 Å². The highest BCUT2D eigenvalue weighted by atomic mass is 35.5. The van der Waals surface area contributed by atoms with Crippen molar-refractivity contribution in [2.24, 2.45) is 23.2 Å². The summed E-state index contributed by atoms with van der Waals surface area (Å²) in [5.41, 5.74) is 0.416. The predicted octanol–water partition coefficient (Wildman–Crippen LogP) is 3.26. The standard InChI is InChI=1S/C17H24ClN3O/c18-15-9-20-21(10-15)2-1-16(22)19-11-17-6-12-3-13(7-17)5-14(4-12)8-17/h9-10,12-14H,1-8,11H2,(H,19,22). The molecular formula is C17H24ClN3O. The molecule has 0 radical (unpaired) electrons. The molecule has 120 valence electrons. The first-order chi connectivity index (χ1) is 10.6. The van der Waals surface area contributed by atoms with Crippen molar-refractivity contribution in [3.8, 4) is 0 Å². The number of aryl methyl sites for hydroxylation is 1. The third-order valence-corrected chi connectivity index (χ3v) is 6.19. The maximum absolute atomic E-state index is 12.1. The first kappa shape index (κ1) is 14.6. The van der Waals surface area contributed by atoms with Crippen LogP contribution in [0.1, 0.15) is 44.9 Å². The van der Waals surface area contributed by atoms with Crippen LogP contribution in [0.4, 0.5) is 0 Å². The number of aromatic nitrogens is 2. The second-order valence-electron chi connectivity index (χ2n) is 7.87. The lowest BCUT2D eigenvalue weighted by Gasteiger charge is -2.56. The van der Waals surface area contributed by atoms with Gasteiger partial charge >= 0.3 is 0 Å². The Morgan fingerprint density at radius 2 is 1.91 bits per heavy atom. The van der Waals surface area contributed by atoms with E-state index >= 15 is 0 Å². The molecule has 0 aromatic carbocycles. The molecule has 5 rings (SSSR count). The average molecular weight is 322 g/mol. The van der Waals surface area contributed by atoms with Crippen LogP contribution in [0.2, 0.25) is 5.02 Å². The fraction of sp³-hybridized carbons (Fsp3) is 0.765. The summed E-state index contributed by atoms with van der Waals surface area (Å²) in [4.78, 5) is 12.1. The normalized spacial score (nSPS) is 35.8. The van der Waals surface area contributed by atoms with E-state index in [0.29, 0.717) is 23.4 Å². The zero-order valence-corrected chi connectivity index (χ0v) is 13.7. The quantitative estimate of drug-likeness (QED) is 0.904. The lowest BCUT2D eigenvalue weighted by Crippen LogP contribution is -2.51. The van der Waals surface area contributed by atoms with Crippen LogP contribution in [0.3, 0.4) is 0 Å². The summed E-state index contributed by atoms with van der Waals surface area (Å²) in [5.74, 6) is 2.96. The van der Waals surface area contributed by atoms with E-state index in [1.807, 2.05) is 0 Å². The first-order valence-electron chi connectivity index (χ1n) is 8.55. The molecule has 1 aromatic rings. The Balaban J connectivity index is 1.28. The van der Waals surface area contributed by atoms with E-state index in [1.54, 1.807) is 17.1 Å². The summed E-state index contributed by atoms with van der Waals surface area (Å²) in [6.07, 6.45) is 12.2. The highest BCUT2D eigenvalue weighted by Gasteiger charge is 2.50. The number of hydrogen-bond acceptors (Lipinski definition) is 2. The van der Waals surface area contributed by atoms with Crippen LogP contribution in [0, 0.1) is 23.2 Å². The fourth-order valence-electron chi connectivity index (χ4n) is 5.56. The molecule has 1 amide bonds. The van der Waals surface area contributed by atoms with E-state index in [9.17, 15) is 4.79 Å². The minimum absolute atomic E-state index is 0.141. The number of hydrogen-bond donors (Lipinski definition) is 1. The van der Waals surface area contributed by atoms with Crippen LogP contribution in [-0.4, -0.2) is 22.2 Å². The van der Waals surface area contributed by atoms with E-state index < -0.39 is 0 Å². The molecule has 4 nitrogen and oxygen atoms in total. The van der Waals surface area contributed by atoms with Gasteiger partial charge < -0.3 is 5.32 Å². The van der Waals surface area contributed by atoms with Gasteiger partial charge in [0.15, 0.2) is 0 Å². The Kier molecular flexibility index (Phi) is 3.67. The summed E-state index contributed by atoms with van der Waals surface area (Å²) in [6, 6.07) is 0. The molecule has 0 saturated heterocycles. The lowest BCUT2D eigenvalue weighted by molar-refractivity contribution is -0.123.